The molecule has 3 aromatic carbocycles. The second-order valence-corrected chi connectivity index (χ2v) is 6.18. The standard InChI is InChI=1S/C23H20N4O/c1-3-7-18(8-4-1)17-28-21-13-11-20(12-14-21)26-23-24-16-15-22(27-23)25-19-9-5-2-6-10-19/h1-16H,17H2,(H2,24,25,26,27). The number of hydrogen-bond donors (Lipinski definition) is 2. The lowest BCUT2D eigenvalue weighted by Crippen LogP contribution is -2.00. The van der Waals surface area contributed by atoms with E-state index in [-0.39, 0.29) is 0 Å². The van der Waals surface area contributed by atoms with Crippen molar-refractivity contribution in [1.82, 2.24) is 9.97 Å². The van der Waals surface area contributed by atoms with E-state index in [1.54, 1.807) is 6.20 Å². The van der Waals surface area contributed by atoms with Crippen molar-refractivity contribution in [3.8, 4) is 5.75 Å². The molecule has 5 nitrogen and oxygen atoms in total. The van der Waals surface area contributed by atoms with Gasteiger partial charge in [-0.3, -0.25) is 0 Å². The van der Waals surface area contributed by atoms with Crippen LogP contribution >= 0.6 is 0 Å². The SMILES string of the molecule is c1ccc(COc2ccc(Nc3nccc(Nc4ccccc4)n3)cc2)cc1. The lowest BCUT2D eigenvalue weighted by Gasteiger charge is -2.10. The normalized spacial score (nSPS) is 10.3. The third-order valence-electron chi connectivity index (χ3n) is 4.06. The summed E-state index contributed by atoms with van der Waals surface area (Å²) in [7, 11) is 0. The molecule has 0 saturated carbocycles. The highest BCUT2D eigenvalue weighted by Crippen LogP contribution is 2.20. The first kappa shape index (κ1) is 17.5. The van der Waals surface area contributed by atoms with Crippen LogP contribution in [0.2, 0.25) is 0 Å². The zero-order valence-corrected chi connectivity index (χ0v) is 15.2. The minimum Gasteiger partial charge on any atom is -0.489 e. The summed E-state index contributed by atoms with van der Waals surface area (Å²) in [5.41, 5.74) is 3.01. The maximum absolute atomic E-state index is 5.81. The van der Waals surface area contributed by atoms with Crippen LogP contribution in [0.4, 0.5) is 23.1 Å². The number of nitrogens with one attached hydrogen (secondary N) is 2. The van der Waals surface area contributed by atoms with Gasteiger partial charge in [0.05, 0.1) is 0 Å². The highest BCUT2D eigenvalue weighted by molar-refractivity contribution is 5.59. The molecule has 0 bridgehead atoms. The Balaban J connectivity index is 1.37. The summed E-state index contributed by atoms with van der Waals surface area (Å²) in [6, 6.07) is 29.6. The summed E-state index contributed by atoms with van der Waals surface area (Å²) < 4.78 is 5.81. The van der Waals surface area contributed by atoms with E-state index in [9.17, 15) is 0 Å². The quantitative estimate of drug-likeness (QED) is 0.448. The number of ether oxygens (including phenoxy) is 1. The van der Waals surface area contributed by atoms with E-state index >= 15 is 0 Å². The molecule has 1 aromatic heterocycles. The summed E-state index contributed by atoms with van der Waals surface area (Å²) in [4.78, 5) is 8.78. The van der Waals surface area contributed by atoms with Crippen LogP contribution in [0, 0.1) is 0 Å². The molecule has 2 N–H and O–H groups in total. The minimum absolute atomic E-state index is 0.527. The van der Waals surface area contributed by atoms with Crippen LogP contribution in [-0.4, -0.2) is 9.97 Å². The predicted octanol–water partition coefficient (Wildman–Crippen LogP) is 5.54. The third kappa shape index (κ3) is 4.86. The Kier molecular flexibility index (Phi) is 5.44. The first-order chi connectivity index (χ1) is 13.8. The Morgan fingerprint density at radius 3 is 2.11 bits per heavy atom. The molecule has 0 spiro atoms. The number of rotatable bonds is 7. The van der Waals surface area contributed by atoms with E-state index in [2.05, 4.69) is 20.6 Å². The first-order valence-electron chi connectivity index (χ1n) is 9.04. The maximum Gasteiger partial charge on any atom is 0.229 e. The van der Waals surface area contributed by atoms with E-state index in [1.807, 2.05) is 91.0 Å². The molecule has 0 radical (unpaired) electrons. The van der Waals surface area contributed by atoms with E-state index in [0.717, 1.165) is 28.5 Å². The lowest BCUT2D eigenvalue weighted by atomic mass is 10.2. The number of benzene rings is 3. The monoisotopic (exact) mass is 368 g/mol. The molecule has 5 heteroatoms. The van der Waals surface area contributed by atoms with Gasteiger partial charge in [0.2, 0.25) is 5.95 Å². The Morgan fingerprint density at radius 2 is 1.36 bits per heavy atom. The molecule has 0 saturated heterocycles. The summed E-state index contributed by atoms with van der Waals surface area (Å²) in [6.45, 7) is 0.546. The Bertz CT molecular complexity index is 1010. The molecule has 0 amide bonds. The molecular weight excluding hydrogens is 348 g/mol. The largest absolute Gasteiger partial charge is 0.489 e. The topological polar surface area (TPSA) is 59.1 Å². The van der Waals surface area contributed by atoms with Gasteiger partial charge in [0.15, 0.2) is 0 Å². The van der Waals surface area contributed by atoms with Gasteiger partial charge in [-0.15, -0.1) is 0 Å². The van der Waals surface area contributed by atoms with Gasteiger partial charge in [-0.1, -0.05) is 48.5 Å². The van der Waals surface area contributed by atoms with E-state index < -0.39 is 0 Å². The van der Waals surface area contributed by atoms with Crippen LogP contribution in [-0.2, 0) is 6.61 Å². The van der Waals surface area contributed by atoms with Crippen LogP contribution in [0.3, 0.4) is 0 Å². The molecule has 4 aromatic rings. The Labute approximate surface area is 164 Å². The Morgan fingerprint density at radius 1 is 0.679 bits per heavy atom. The molecule has 0 atom stereocenters. The van der Waals surface area contributed by atoms with Gasteiger partial charge >= 0.3 is 0 Å². The molecule has 0 aliphatic carbocycles. The second-order valence-electron chi connectivity index (χ2n) is 6.18. The molecule has 4 rings (SSSR count). The van der Waals surface area contributed by atoms with Crippen molar-refractivity contribution < 1.29 is 4.74 Å². The number of aromatic nitrogens is 2. The van der Waals surface area contributed by atoms with Crippen LogP contribution in [0.15, 0.2) is 97.2 Å². The molecule has 0 unspecified atom stereocenters. The first-order valence-corrected chi connectivity index (χ1v) is 9.04. The summed E-state index contributed by atoms with van der Waals surface area (Å²) in [5.74, 6) is 2.07. The van der Waals surface area contributed by atoms with Gasteiger partial charge in [-0.05, 0) is 48.0 Å². The second kappa shape index (κ2) is 8.68. The maximum atomic E-state index is 5.81. The smallest absolute Gasteiger partial charge is 0.229 e. The van der Waals surface area contributed by atoms with Crippen molar-refractivity contribution in [1.29, 1.82) is 0 Å². The number of para-hydroxylation sites is 1. The van der Waals surface area contributed by atoms with E-state index in [4.69, 9.17) is 4.74 Å². The predicted molar refractivity (Wildman–Crippen MR) is 112 cm³/mol. The van der Waals surface area contributed by atoms with Gasteiger partial charge in [0.25, 0.3) is 0 Å². The lowest BCUT2D eigenvalue weighted by molar-refractivity contribution is 0.306. The third-order valence-corrected chi connectivity index (χ3v) is 4.06. The van der Waals surface area contributed by atoms with Crippen molar-refractivity contribution in [2.24, 2.45) is 0 Å². The van der Waals surface area contributed by atoms with Crippen molar-refractivity contribution in [2.45, 2.75) is 6.61 Å². The van der Waals surface area contributed by atoms with Gasteiger partial charge in [-0.25, -0.2) is 4.98 Å². The van der Waals surface area contributed by atoms with Crippen molar-refractivity contribution in [2.75, 3.05) is 10.6 Å². The van der Waals surface area contributed by atoms with Gasteiger partial charge in [0.1, 0.15) is 18.2 Å². The van der Waals surface area contributed by atoms with E-state index in [1.165, 1.54) is 0 Å². The van der Waals surface area contributed by atoms with Crippen molar-refractivity contribution in [3.63, 3.8) is 0 Å². The van der Waals surface area contributed by atoms with Crippen LogP contribution in [0.5, 0.6) is 5.75 Å². The molecular formula is C23H20N4O. The molecule has 138 valence electrons. The molecule has 0 fully saturated rings. The summed E-state index contributed by atoms with van der Waals surface area (Å²) >= 11 is 0. The average Bonchev–Trinajstić information content (AvgIpc) is 2.75. The summed E-state index contributed by atoms with van der Waals surface area (Å²) in [5, 5.41) is 6.47. The molecule has 28 heavy (non-hydrogen) atoms. The highest BCUT2D eigenvalue weighted by Gasteiger charge is 2.02. The number of hydrogen-bond acceptors (Lipinski definition) is 5. The fourth-order valence-electron chi connectivity index (χ4n) is 2.66. The van der Waals surface area contributed by atoms with Crippen molar-refractivity contribution >= 4 is 23.1 Å². The summed E-state index contributed by atoms with van der Waals surface area (Å²) in [6.07, 6.45) is 1.72. The zero-order chi connectivity index (χ0) is 19.0. The fraction of sp³-hybridized carbons (Fsp3) is 0.0435. The molecule has 0 aliphatic heterocycles. The fourth-order valence-corrected chi connectivity index (χ4v) is 2.66. The van der Waals surface area contributed by atoms with Crippen molar-refractivity contribution in [3.05, 3.63) is 103 Å². The van der Waals surface area contributed by atoms with Gasteiger partial charge in [-0.2, -0.15) is 4.98 Å². The van der Waals surface area contributed by atoms with Crippen LogP contribution in [0.1, 0.15) is 5.56 Å². The van der Waals surface area contributed by atoms with E-state index in [0.29, 0.717) is 12.6 Å². The zero-order valence-electron chi connectivity index (χ0n) is 15.2. The number of anilines is 4. The minimum atomic E-state index is 0.527. The van der Waals surface area contributed by atoms with Crippen LogP contribution < -0.4 is 15.4 Å². The molecule has 0 aliphatic rings. The van der Waals surface area contributed by atoms with Crippen LogP contribution in [0.25, 0.3) is 0 Å². The van der Waals surface area contributed by atoms with Gasteiger partial charge in [0, 0.05) is 17.6 Å². The Hall–Kier alpha value is -3.86. The number of nitrogens with zero attached hydrogens (tertiary/aromatic N) is 2. The highest BCUT2D eigenvalue weighted by atomic mass is 16.5. The molecule has 1 heterocycles. The average molecular weight is 368 g/mol. The van der Waals surface area contributed by atoms with Gasteiger partial charge < -0.3 is 15.4 Å².